The van der Waals surface area contributed by atoms with Crippen LogP contribution >= 0.6 is 0 Å². The lowest BCUT2D eigenvalue weighted by Gasteiger charge is -2.04. The number of carbonyl (C=O) groups excluding carboxylic acids is 1. The van der Waals surface area contributed by atoms with Crippen LogP contribution in [0.25, 0.3) is 0 Å². The number of benzene rings is 1. The molecular weight excluding hydrogens is 256 g/mol. The zero-order valence-corrected chi connectivity index (χ0v) is 10.3. The highest BCUT2D eigenvalue weighted by molar-refractivity contribution is 5.76. The van der Waals surface area contributed by atoms with Crippen molar-refractivity contribution in [2.24, 2.45) is 0 Å². The van der Waals surface area contributed by atoms with E-state index in [1.165, 1.54) is 6.07 Å². The van der Waals surface area contributed by atoms with Crippen LogP contribution in [0.1, 0.15) is 24.8 Å². The first-order valence-corrected chi connectivity index (χ1v) is 5.91. The molecule has 0 aliphatic heterocycles. The molecule has 0 aliphatic rings. The molecule has 0 heterocycles. The largest absolute Gasteiger partial charge is 0.481 e. The number of amides is 1. The molecule has 0 saturated heterocycles. The van der Waals surface area contributed by atoms with Gasteiger partial charge in [-0.1, -0.05) is 6.07 Å². The van der Waals surface area contributed by atoms with Gasteiger partial charge in [0.1, 0.15) is 0 Å². The molecule has 0 spiro atoms. The van der Waals surface area contributed by atoms with Crippen molar-refractivity contribution in [3.63, 3.8) is 0 Å². The predicted molar refractivity (Wildman–Crippen MR) is 64.6 cm³/mol. The van der Waals surface area contributed by atoms with Crippen LogP contribution < -0.4 is 5.32 Å². The van der Waals surface area contributed by atoms with E-state index in [9.17, 15) is 18.4 Å². The van der Waals surface area contributed by atoms with Gasteiger partial charge in [-0.25, -0.2) is 8.78 Å². The summed E-state index contributed by atoms with van der Waals surface area (Å²) in [5.74, 6) is -2.99. The number of carboxylic acids is 1. The molecule has 1 rings (SSSR count). The summed E-state index contributed by atoms with van der Waals surface area (Å²) in [4.78, 5) is 21.6. The van der Waals surface area contributed by atoms with E-state index in [1.807, 2.05) is 0 Å². The maximum absolute atomic E-state index is 12.9. The number of aliphatic carboxylic acids is 1. The molecule has 0 unspecified atom stereocenters. The van der Waals surface area contributed by atoms with Crippen LogP contribution in [-0.4, -0.2) is 23.5 Å². The summed E-state index contributed by atoms with van der Waals surface area (Å²) in [6.45, 7) is 0.295. The molecule has 0 radical (unpaired) electrons. The highest BCUT2D eigenvalue weighted by Crippen LogP contribution is 2.10. The van der Waals surface area contributed by atoms with Gasteiger partial charge < -0.3 is 10.4 Å². The highest BCUT2D eigenvalue weighted by Gasteiger charge is 2.06. The summed E-state index contributed by atoms with van der Waals surface area (Å²) in [6.07, 6.45) is 0.829. The number of rotatable bonds is 7. The van der Waals surface area contributed by atoms with Crippen molar-refractivity contribution in [1.82, 2.24) is 5.32 Å². The first-order chi connectivity index (χ1) is 8.99. The second kappa shape index (κ2) is 7.45. The van der Waals surface area contributed by atoms with Crippen LogP contribution in [0.15, 0.2) is 18.2 Å². The Hall–Kier alpha value is -1.98. The van der Waals surface area contributed by atoms with Gasteiger partial charge in [0.05, 0.1) is 0 Å². The molecule has 1 aromatic rings. The molecule has 104 valence electrons. The molecule has 1 aromatic carbocycles. The standard InChI is InChI=1S/C13H15F2NO3/c14-10-5-3-9(8-11(10)15)4-6-12(17)16-7-1-2-13(18)19/h3,5,8H,1-2,4,6-7H2,(H,16,17)(H,18,19). The minimum atomic E-state index is -0.931. The van der Waals surface area contributed by atoms with E-state index in [-0.39, 0.29) is 18.7 Å². The molecule has 0 atom stereocenters. The van der Waals surface area contributed by atoms with Gasteiger partial charge in [-0.05, 0) is 30.5 Å². The number of carboxylic acid groups (broad SMARTS) is 1. The van der Waals surface area contributed by atoms with Gasteiger partial charge in [-0.2, -0.15) is 0 Å². The Labute approximate surface area is 109 Å². The summed E-state index contributed by atoms with van der Waals surface area (Å²) in [5, 5.41) is 11.0. The number of halogens is 2. The maximum Gasteiger partial charge on any atom is 0.303 e. The number of carbonyl (C=O) groups is 2. The van der Waals surface area contributed by atoms with Gasteiger partial charge in [-0.3, -0.25) is 9.59 Å². The molecule has 0 fully saturated rings. The van der Waals surface area contributed by atoms with Crippen molar-refractivity contribution in [2.45, 2.75) is 25.7 Å². The third-order valence-corrected chi connectivity index (χ3v) is 2.51. The van der Waals surface area contributed by atoms with Gasteiger partial charge in [0.15, 0.2) is 11.6 Å². The van der Waals surface area contributed by atoms with Crippen LogP contribution in [0.4, 0.5) is 8.78 Å². The van der Waals surface area contributed by atoms with Crippen LogP contribution in [0.5, 0.6) is 0 Å². The molecule has 0 aliphatic carbocycles. The molecule has 6 heteroatoms. The van der Waals surface area contributed by atoms with E-state index in [0.717, 1.165) is 12.1 Å². The van der Waals surface area contributed by atoms with Gasteiger partial charge in [0.2, 0.25) is 5.91 Å². The van der Waals surface area contributed by atoms with E-state index in [1.54, 1.807) is 0 Å². The van der Waals surface area contributed by atoms with Gasteiger partial charge >= 0.3 is 5.97 Å². The van der Waals surface area contributed by atoms with Gasteiger partial charge in [0, 0.05) is 19.4 Å². The molecule has 19 heavy (non-hydrogen) atoms. The van der Waals surface area contributed by atoms with E-state index >= 15 is 0 Å². The van der Waals surface area contributed by atoms with Crippen molar-refractivity contribution in [2.75, 3.05) is 6.54 Å². The molecule has 0 saturated carbocycles. The Bertz CT molecular complexity index is 463. The number of hydrogen-bond donors (Lipinski definition) is 2. The second-order valence-corrected chi connectivity index (χ2v) is 4.10. The van der Waals surface area contributed by atoms with Crippen LogP contribution in [0, 0.1) is 11.6 Å². The first-order valence-electron chi connectivity index (χ1n) is 5.91. The fraction of sp³-hybridized carbons (Fsp3) is 0.385. The Morgan fingerprint density at radius 3 is 2.53 bits per heavy atom. The number of nitrogens with one attached hydrogen (secondary N) is 1. The fourth-order valence-electron chi connectivity index (χ4n) is 1.51. The van der Waals surface area contributed by atoms with Crippen molar-refractivity contribution in [3.05, 3.63) is 35.4 Å². The van der Waals surface area contributed by atoms with Crippen LogP contribution in [-0.2, 0) is 16.0 Å². The predicted octanol–water partition coefficient (Wildman–Crippen LogP) is 1.88. The summed E-state index contributed by atoms with van der Waals surface area (Å²) in [7, 11) is 0. The average Bonchev–Trinajstić information content (AvgIpc) is 2.36. The second-order valence-electron chi connectivity index (χ2n) is 4.10. The Balaban J connectivity index is 2.26. The first kappa shape index (κ1) is 15.1. The van der Waals surface area contributed by atoms with Crippen molar-refractivity contribution >= 4 is 11.9 Å². The van der Waals surface area contributed by atoms with Crippen molar-refractivity contribution in [3.8, 4) is 0 Å². The van der Waals surface area contributed by atoms with E-state index in [0.29, 0.717) is 24.9 Å². The lowest BCUT2D eigenvalue weighted by Crippen LogP contribution is -2.25. The third-order valence-electron chi connectivity index (χ3n) is 2.51. The SMILES string of the molecule is O=C(O)CCCNC(=O)CCc1ccc(F)c(F)c1. The smallest absolute Gasteiger partial charge is 0.303 e. The van der Waals surface area contributed by atoms with E-state index < -0.39 is 17.6 Å². The minimum absolute atomic E-state index is 0.00343. The van der Waals surface area contributed by atoms with Crippen LogP contribution in [0.2, 0.25) is 0 Å². The lowest BCUT2D eigenvalue weighted by atomic mass is 10.1. The summed E-state index contributed by atoms with van der Waals surface area (Å²) in [5.41, 5.74) is 0.541. The molecular formula is C13H15F2NO3. The third kappa shape index (κ3) is 5.94. The highest BCUT2D eigenvalue weighted by atomic mass is 19.2. The minimum Gasteiger partial charge on any atom is -0.481 e. The zero-order valence-electron chi connectivity index (χ0n) is 10.3. The molecule has 0 aromatic heterocycles. The van der Waals surface area contributed by atoms with Crippen molar-refractivity contribution < 1.29 is 23.5 Å². The quantitative estimate of drug-likeness (QED) is 0.744. The average molecular weight is 271 g/mol. The van der Waals surface area contributed by atoms with Crippen molar-refractivity contribution in [1.29, 1.82) is 0 Å². The summed E-state index contributed by atoms with van der Waals surface area (Å²) < 4.78 is 25.6. The monoisotopic (exact) mass is 271 g/mol. The Kier molecular flexibility index (Phi) is 5.92. The number of hydrogen-bond acceptors (Lipinski definition) is 2. The molecule has 4 nitrogen and oxygen atoms in total. The van der Waals surface area contributed by atoms with E-state index in [4.69, 9.17) is 5.11 Å². The van der Waals surface area contributed by atoms with Gasteiger partial charge in [0.25, 0.3) is 0 Å². The normalized spacial score (nSPS) is 10.2. The number of aryl methyl sites for hydroxylation is 1. The Morgan fingerprint density at radius 1 is 1.16 bits per heavy atom. The molecule has 1 amide bonds. The van der Waals surface area contributed by atoms with Gasteiger partial charge in [-0.15, -0.1) is 0 Å². The van der Waals surface area contributed by atoms with E-state index in [2.05, 4.69) is 5.32 Å². The lowest BCUT2D eigenvalue weighted by molar-refractivity contribution is -0.137. The topological polar surface area (TPSA) is 66.4 Å². The molecule has 2 N–H and O–H groups in total. The summed E-state index contributed by atoms with van der Waals surface area (Å²) in [6, 6.07) is 3.51. The Morgan fingerprint density at radius 2 is 1.89 bits per heavy atom. The summed E-state index contributed by atoms with van der Waals surface area (Å²) >= 11 is 0. The maximum atomic E-state index is 12.9. The zero-order chi connectivity index (χ0) is 14.3. The fourth-order valence-corrected chi connectivity index (χ4v) is 1.51. The molecule has 0 bridgehead atoms. The van der Waals surface area contributed by atoms with Crippen LogP contribution in [0.3, 0.4) is 0 Å².